The monoisotopic (exact) mass is 383 g/mol. The van der Waals surface area contributed by atoms with E-state index in [0.29, 0.717) is 5.75 Å². The molecule has 0 aliphatic carbocycles. The van der Waals surface area contributed by atoms with E-state index in [4.69, 9.17) is 4.74 Å². The van der Waals surface area contributed by atoms with Crippen molar-refractivity contribution in [2.24, 2.45) is 0 Å². The van der Waals surface area contributed by atoms with Gasteiger partial charge in [0.1, 0.15) is 5.75 Å². The van der Waals surface area contributed by atoms with Crippen molar-refractivity contribution in [2.45, 2.75) is 33.6 Å². The second kappa shape index (κ2) is 10.1. The molecule has 148 valence electrons. The molecule has 7 heteroatoms. The molecular weight excluding hydrogens is 358 g/mol. The number of carbonyl (C=O) groups is 3. The van der Waals surface area contributed by atoms with Crippen LogP contribution in [-0.2, 0) is 14.4 Å². The summed E-state index contributed by atoms with van der Waals surface area (Å²) in [6.07, 6.45) is -0.0371. The zero-order chi connectivity index (χ0) is 20.5. The molecule has 0 aromatic heterocycles. The molecule has 0 aliphatic rings. The minimum Gasteiger partial charge on any atom is -0.484 e. The largest absolute Gasteiger partial charge is 0.484 e. The smallest absolute Gasteiger partial charge is 0.276 e. The van der Waals surface area contributed by atoms with Crippen molar-refractivity contribution >= 4 is 23.4 Å². The minimum atomic E-state index is -0.491. The highest BCUT2D eigenvalue weighted by atomic mass is 16.5. The number of rotatable bonds is 7. The average molecular weight is 383 g/mol. The van der Waals surface area contributed by atoms with Gasteiger partial charge in [-0.3, -0.25) is 25.2 Å². The number of hydrogen-bond acceptors (Lipinski definition) is 4. The fourth-order valence-corrected chi connectivity index (χ4v) is 2.40. The Hall–Kier alpha value is -3.35. The van der Waals surface area contributed by atoms with E-state index in [2.05, 4.69) is 16.2 Å². The number of anilines is 1. The molecule has 0 unspecified atom stereocenters. The van der Waals surface area contributed by atoms with Crippen LogP contribution in [0.4, 0.5) is 5.69 Å². The molecule has 28 heavy (non-hydrogen) atoms. The summed E-state index contributed by atoms with van der Waals surface area (Å²) in [4.78, 5) is 35.5. The Bertz CT molecular complexity index is 864. The normalized spacial score (nSPS) is 10.1. The summed E-state index contributed by atoms with van der Waals surface area (Å²) < 4.78 is 5.34. The van der Waals surface area contributed by atoms with Gasteiger partial charge in [0.15, 0.2) is 6.61 Å². The van der Waals surface area contributed by atoms with Crippen LogP contribution < -0.4 is 20.9 Å². The zero-order valence-electron chi connectivity index (χ0n) is 16.3. The maximum atomic E-state index is 12.0. The molecule has 0 spiro atoms. The standard InChI is InChI=1S/C21H25N3O4/c1-14-5-4-6-17(11-14)28-13-21(27)24-23-20(26)10-9-19(25)22-18-12-15(2)7-8-16(18)3/h4-8,11-12H,9-10,13H2,1-3H3,(H,22,25)(H,23,26)(H,24,27). The molecule has 3 N–H and O–H groups in total. The fraction of sp³-hybridized carbons (Fsp3) is 0.286. The molecule has 2 aromatic rings. The number of aryl methyl sites for hydroxylation is 3. The van der Waals surface area contributed by atoms with Gasteiger partial charge in [-0.15, -0.1) is 0 Å². The first-order valence-corrected chi connectivity index (χ1v) is 8.98. The van der Waals surface area contributed by atoms with Gasteiger partial charge in [0.25, 0.3) is 5.91 Å². The highest BCUT2D eigenvalue weighted by Gasteiger charge is 2.10. The number of benzene rings is 2. The first kappa shape index (κ1) is 21.0. The SMILES string of the molecule is Cc1cccc(OCC(=O)NNC(=O)CCC(=O)Nc2cc(C)ccc2C)c1. The van der Waals surface area contributed by atoms with Gasteiger partial charge < -0.3 is 10.1 Å². The van der Waals surface area contributed by atoms with Gasteiger partial charge in [-0.2, -0.15) is 0 Å². The number of hydrogen-bond donors (Lipinski definition) is 3. The molecule has 7 nitrogen and oxygen atoms in total. The Morgan fingerprint density at radius 2 is 1.50 bits per heavy atom. The molecule has 0 saturated heterocycles. The van der Waals surface area contributed by atoms with Crippen LogP contribution in [-0.4, -0.2) is 24.3 Å². The lowest BCUT2D eigenvalue weighted by atomic mass is 10.1. The highest BCUT2D eigenvalue weighted by molar-refractivity contribution is 5.94. The Labute approximate surface area is 164 Å². The van der Waals surface area contributed by atoms with Gasteiger partial charge in [0.2, 0.25) is 11.8 Å². The number of carbonyl (C=O) groups excluding carboxylic acids is 3. The van der Waals surface area contributed by atoms with Crippen molar-refractivity contribution in [3.05, 3.63) is 59.2 Å². The van der Waals surface area contributed by atoms with E-state index in [1.54, 1.807) is 12.1 Å². The molecule has 0 bridgehead atoms. The highest BCUT2D eigenvalue weighted by Crippen LogP contribution is 2.16. The Morgan fingerprint density at radius 1 is 0.821 bits per heavy atom. The number of amides is 3. The third kappa shape index (κ3) is 7.11. The molecule has 2 aromatic carbocycles. The van der Waals surface area contributed by atoms with Crippen molar-refractivity contribution in [1.29, 1.82) is 0 Å². The van der Waals surface area contributed by atoms with E-state index in [-0.39, 0.29) is 25.4 Å². The summed E-state index contributed by atoms with van der Waals surface area (Å²) in [7, 11) is 0. The third-order valence-corrected chi connectivity index (χ3v) is 3.95. The van der Waals surface area contributed by atoms with E-state index < -0.39 is 11.8 Å². The molecule has 0 saturated carbocycles. The fourth-order valence-electron chi connectivity index (χ4n) is 2.40. The van der Waals surface area contributed by atoms with E-state index in [0.717, 1.165) is 22.4 Å². The molecule has 0 heterocycles. The van der Waals surface area contributed by atoms with Gasteiger partial charge in [-0.1, -0.05) is 24.3 Å². The first-order valence-electron chi connectivity index (χ1n) is 8.98. The van der Waals surface area contributed by atoms with Crippen LogP contribution in [0.2, 0.25) is 0 Å². The average Bonchev–Trinajstić information content (AvgIpc) is 2.66. The number of hydrazine groups is 1. The van der Waals surface area contributed by atoms with Crippen LogP contribution >= 0.6 is 0 Å². The lowest BCUT2D eigenvalue weighted by Crippen LogP contribution is -2.44. The number of ether oxygens (including phenoxy) is 1. The maximum Gasteiger partial charge on any atom is 0.276 e. The Kier molecular flexibility index (Phi) is 7.56. The second-order valence-corrected chi connectivity index (χ2v) is 6.57. The lowest BCUT2D eigenvalue weighted by Gasteiger charge is -2.10. The van der Waals surface area contributed by atoms with Crippen LogP contribution in [0.15, 0.2) is 42.5 Å². The maximum absolute atomic E-state index is 12.0. The summed E-state index contributed by atoms with van der Waals surface area (Å²) in [5, 5.41) is 2.79. The van der Waals surface area contributed by atoms with E-state index in [9.17, 15) is 14.4 Å². The summed E-state index contributed by atoms with van der Waals surface area (Å²) >= 11 is 0. The minimum absolute atomic E-state index is 0.00881. The van der Waals surface area contributed by atoms with Crippen molar-refractivity contribution in [2.75, 3.05) is 11.9 Å². The van der Waals surface area contributed by atoms with Gasteiger partial charge in [0.05, 0.1) is 0 Å². The van der Waals surface area contributed by atoms with Gasteiger partial charge in [-0.05, 0) is 55.7 Å². The Morgan fingerprint density at radius 3 is 2.25 bits per heavy atom. The van der Waals surface area contributed by atoms with E-state index in [1.165, 1.54) is 0 Å². The summed E-state index contributed by atoms with van der Waals surface area (Å²) in [6, 6.07) is 13.1. The molecular formula is C21H25N3O4. The molecule has 0 fully saturated rings. The van der Waals surface area contributed by atoms with Crippen molar-refractivity contribution in [3.8, 4) is 5.75 Å². The van der Waals surface area contributed by atoms with Gasteiger partial charge >= 0.3 is 0 Å². The molecule has 0 radical (unpaired) electrons. The third-order valence-electron chi connectivity index (χ3n) is 3.95. The van der Waals surface area contributed by atoms with Crippen LogP contribution in [0.5, 0.6) is 5.75 Å². The lowest BCUT2D eigenvalue weighted by molar-refractivity contribution is -0.130. The Balaban J connectivity index is 1.67. The van der Waals surface area contributed by atoms with Crippen LogP contribution in [0.1, 0.15) is 29.5 Å². The second-order valence-electron chi connectivity index (χ2n) is 6.57. The topological polar surface area (TPSA) is 96.5 Å². The molecule has 0 aliphatic heterocycles. The summed E-state index contributed by atoms with van der Waals surface area (Å²) in [6.45, 7) is 5.53. The zero-order valence-corrected chi connectivity index (χ0v) is 16.3. The van der Waals surface area contributed by atoms with E-state index >= 15 is 0 Å². The van der Waals surface area contributed by atoms with Crippen LogP contribution in [0, 0.1) is 20.8 Å². The molecule has 3 amide bonds. The van der Waals surface area contributed by atoms with Gasteiger partial charge in [0, 0.05) is 18.5 Å². The summed E-state index contributed by atoms with van der Waals surface area (Å²) in [5.74, 6) is -0.641. The quantitative estimate of drug-likeness (QED) is 0.640. The first-order chi connectivity index (χ1) is 13.3. The summed E-state index contributed by atoms with van der Waals surface area (Å²) in [5.41, 5.74) is 8.27. The van der Waals surface area contributed by atoms with Crippen molar-refractivity contribution in [3.63, 3.8) is 0 Å². The van der Waals surface area contributed by atoms with Gasteiger partial charge in [-0.25, -0.2) is 0 Å². The predicted octanol–water partition coefficient (Wildman–Crippen LogP) is 2.56. The molecule has 0 atom stereocenters. The van der Waals surface area contributed by atoms with Crippen molar-refractivity contribution < 1.29 is 19.1 Å². The molecule has 2 rings (SSSR count). The predicted molar refractivity (Wildman–Crippen MR) is 107 cm³/mol. The van der Waals surface area contributed by atoms with Crippen LogP contribution in [0.3, 0.4) is 0 Å². The number of nitrogens with one attached hydrogen (secondary N) is 3. The van der Waals surface area contributed by atoms with Crippen LogP contribution in [0.25, 0.3) is 0 Å². The van der Waals surface area contributed by atoms with E-state index in [1.807, 2.05) is 51.1 Å². The van der Waals surface area contributed by atoms with Crippen molar-refractivity contribution in [1.82, 2.24) is 10.9 Å².